The lowest BCUT2D eigenvalue weighted by molar-refractivity contribution is -0.157. The van der Waals surface area contributed by atoms with Gasteiger partial charge in [-0.1, -0.05) is 30.3 Å². The molecule has 5 nitrogen and oxygen atoms in total. The van der Waals surface area contributed by atoms with Gasteiger partial charge in [-0.2, -0.15) is 13.2 Å². The summed E-state index contributed by atoms with van der Waals surface area (Å²) in [6.45, 7) is -1.54. The maximum atomic E-state index is 12.4. The number of carbonyl (C=O) groups excluding carboxylic acids is 2. The summed E-state index contributed by atoms with van der Waals surface area (Å²) in [7, 11) is 0. The molecule has 0 spiro atoms. The molecule has 1 heterocycles. The number of phenolic OH excluding ortho intramolecular Hbond substituents is 1. The molecule has 2 amide bonds. The molecule has 1 aliphatic rings. The van der Waals surface area contributed by atoms with Crippen LogP contribution in [0.5, 0.6) is 5.75 Å². The monoisotopic (exact) mass is 352 g/mol. The fourth-order valence-electron chi connectivity index (χ4n) is 2.94. The number of rotatable bonds is 3. The number of benzene rings is 2. The number of amides is 2. The molecule has 1 unspecified atom stereocenters. The summed E-state index contributed by atoms with van der Waals surface area (Å²) < 4.78 is 37.3. The molecule has 0 aliphatic carbocycles. The van der Waals surface area contributed by atoms with E-state index in [1.165, 1.54) is 6.07 Å². The molecule has 8 heteroatoms. The van der Waals surface area contributed by atoms with Crippen LogP contribution in [-0.2, 0) is 4.79 Å². The highest BCUT2D eigenvalue weighted by atomic mass is 19.4. The number of hydrogen-bond donors (Lipinski definition) is 2. The minimum absolute atomic E-state index is 0.0143. The summed E-state index contributed by atoms with van der Waals surface area (Å²) in [4.78, 5) is 24.7. The van der Waals surface area contributed by atoms with Crippen molar-refractivity contribution in [2.75, 3.05) is 13.1 Å². The molecular formula is C17H15F3N2O3. The Morgan fingerprint density at radius 3 is 2.68 bits per heavy atom. The van der Waals surface area contributed by atoms with E-state index in [0.29, 0.717) is 10.3 Å². The van der Waals surface area contributed by atoms with Gasteiger partial charge in [-0.3, -0.25) is 9.59 Å². The lowest BCUT2D eigenvalue weighted by Gasteiger charge is -2.18. The van der Waals surface area contributed by atoms with Crippen molar-refractivity contribution < 1.29 is 27.9 Å². The second-order valence-electron chi connectivity index (χ2n) is 5.95. The molecule has 1 fully saturated rings. The molecule has 2 aromatic rings. The Hall–Kier alpha value is -2.77. The molecular weight excluding hydrogens is 337 g/mol. The number of fused-ring (bicyclic) bond motifs is 1. The smallest absolute Gasteiger partial charge is 0.406 e. The van der Waals surface area contributed by atoms with Crippen LogP contribution in [0.15, 0.2) is 36.4 Å². The molecule has 3 rings (SSSR count). The summed E-state index contributed by atoms with van der Waals surface area (Å²) in [5.41, 5.74) is 0.0143. The molecule has 2 N–H and O–H groups in total. The number of hydrogen-bond acceptors (Lipinski definition) is 3. The third kappa shape index (κ3) is 3.67. The van der Waals surface area contributed by atoms with Crippen molar-refractivity contribution in [2.45, 2.75) is 18.6 Å². The summed E-state index contributed by atoms with van der Waals surface area (Å²) in [6.07, 6.45) is -4.68. The number of alkyl halides is 3. The SMILES string of the molecule is O=C(NC1CC(=O)N(CC(F)(F)F)C1)c1ccc2ccccc2c1O. The normalized spacial score (nSPS) is 18.0. The van der Waals surface area contributed by atoms with Gasteiger partial charge in [0.25, 0.3) is 5.91 Å². The second kappa shape index (κ2) is 6.27. The van der Waals surface area contributed by atoms with Crippen LogP contribution in [0.1, 0.15) is 16.8 Å². The van der Waals surface area contributed by atoms with Gasteiger partial charge in [-0.25, -0.2) is 0 Å². The fraction of sp³-hybridized carbons (Fsp3) is 0.294. The zero-order valence-corrected chi connectivity index (χ0v) is 13.0. The van der Waals surface area contributed by atoms with Crippen LogP contribution in [0.3, 0.4) is 0 Å². The van der Waals surface area contributed by atoms with E-state index in [4.69, 9.17) is 0 Å². The van der Waals surface area contributed by atoms with Crippen LogP contribution >= 0.6 is 0 Å². The van der Waals surface area contributed by atoms with E-state index < -0.39 is 30.6 Å². The van der Waals surface area contributed by atoms with Crippen LogP contribution in [0.2, 0.25) is 0 Å². The maximum absolute atomic E-state index is 12.4. The highest BCUT2D eigenvalue weighted by Crippen LogP contribution is 2.29. The first-order valence-electron chi connectivity index (χ1n) is 7.61. The molecule has 1 saturated heterocycles. The van der Waals surface area contributed by atoms with Gasteiger partial charge in [0.1, 0.15) is 12.3 Å². The first-order chi connectivity index (χ1) is 11.7. The van der Waals surface area contributed by atoms with Crippen LogP contribution < -0.4 is 5.32 Å². The van der Waals surface area contributed by atoms with Crippen LogP contribution in [0.25, 0.3) is 10.8 Å². The summed E-state index contributed by atoms with van der Waals surface area (Å²) in [5, 5.41) is 14.0. The number of likely N-dealkylation sites (tertiary alicyclic amines) is 1. The van der Waals surface area contributed by atoms with Gasteiger partial charge in [0.2, 0.25) is 5.91 Å². The molecule has 132 valence electrons. The number of nitrogens with one attached hydrogen (secondary N) is 1. The Labute approximate surface area is 141 Å². The molecule has 2 aromatic carbocycles. The molecule has 1 atom stereocenters. The average molecular weight is 352 g/mol. The van der Waals surface area contributed by atoms with Crippen molar-refractivity contribution >= 4 is 22.6 Å². The van der Waals surface area contributed by atoms with Crippen molar-refractivity contribution in [3.63, 3.8) is 0 Å². The van der Waals surface area contributed by atoms with Crippen molar-refractivity contribution in [1.29, 1.82) is 0 Å². The molecule has 0 bridgehead atoms. The minimum atomic E-state index is -4.48. The Kier molecular flexibility index (Phi) is 4.28. The van der Waals surface area contributed by atoms with Gasteiger partial charge in [-0.15, -0.1) is 0 Å². The summed E-state index contributed by atoms with van der Waals surface area (Å²) in [5.74, 6) is -1.49. The molecule has 0 saturated carbocycles. The second-order valence-corrected chi connectivity index (χ2v) is 5.95. The summed E-state index contributed by atoms with van der Waals surface area (Å²) >= 11 is 0. The van der Waals surface area contributed by atoms with E-state index >= 15 is 0 Å². The average Bonchev–Trinajstić information content (AvgIpc) is 2.85. The predicted molar refractivity (Wildman–Crippen MR) is 84.1 cm³/mol. The Morgan fingerprint density at radius 2 is 1.96 bits per heavy atom. The standard InChI is InChI=1S/C17H15F3N2O3/c18-17(19,20)9-22-8-11(7-14(22)23)21-16(25)13-6-5-10-3-1-2-4-12(10)15(13)24/h1-6,11,24H,7-9H2,(H,21,25). The van der Waals surface area contributed by atoms with Gasteiger partial charge in [0.15, 0.2) is 0 Å². The van der Waals surface area contributed by atoms with Gasteiger partial charge in [0.05, 0.1) is 11.6 Å². The van der Waals surface area contributed by atoms with E-state index in [-0.39, 0.29) is 24.3 Å². The highest BCUT2D eigenvalue weighted by molar-refractivity contribution is 6.03. The minimum Gasteiger partial charge on any atom is -0.506 e. The van der Waals surface area contributed by atoms with Gasteiger partial charge >= 0.3 is 6.18 Å². The van der Waals surface area contributed by atoms with Gasteiger partial charge < -0.3 is 15.3 Å². The lowest BCUT2D eigenvalue weighted by Crippen LogP contribution is -2.39. The Morgan fingerprint density at radius 1 is 1.24 bits per heavy atom. The number of halogens is 3. The highest BCUT2D eigenvalue weighted by Gasteiger charge is 2.38. The quantitative estimate of drug-likeness (QED) is 0.891. The Bertz CT molecular complexity index is 835. The zero-order valence-electron chi connectivity index (χ0n) is 13.0. The topological polar surface area (TPSA) is 69.6 Å². The molecule has 0 aromatic heterocycles. The van der Waals surface area contributed by atoms with E-state index in [1.54, 1.807) is 30.3 Å². The number of phenols is 1. The van der Waals surface area contributed by atoms with Gasteiger partial charge in [0, 0.05) is 18.4 Å². The molecule has 25 heavy (non-hydrogen) atoms. The third-order valence-electron chi connectivity index (χ3n) is 4.07. The van der Waals surface area contributed by atoms with E-state index in [9.17, 15) is 27.9 Å². The number of carbonyl (C=O) groups is 2. The number of nitrogens with zero attached hydrogens (tertiary/aromatic N) is 1. The number of aromatic hydroxyl groups is 1. The predicted octanol–water partition coefficient (Wildman–Crippen LogP) is 2.44. The van der Waals surface area contributed by atoms with Crippen LogP contribution in [0, 0.1) is 0 Å². The summed E-state index contributed by atoms with van der Waals surface area (Å²) in [6, 6.07) is 9.33. The zero-order chi connectivity index (χ0) is 18.2. The van der Waals surface area contributed by atoms with E-state index in [2.05, 4.69) is 5.32 Å². The van der Waals surface area contributed by atoms with Crippen LogP contribution in [-0.4, -0.2) is 47.1 Å². The molecule has 0 radical (unpaired) electrons. The van der Waals surface area contributed by atoms with Crippen LogP contribution in [0.4, 0.5) is 13.2 Å². The third-order valence-corrected chi connectivity index (χ3v) is 4.07. The van der Waals surface area contributed by atoms with Crippen molar-refractivity contribution in [2.24, 2.45) is 0 Å². The maximum Gasteiger partial charge on any atom is 0.406 e. The van der Waals surface area contributed by atoms with Gasteiger partial charge in [-0.05, 0) is 11.5 Å². The first kappa shape index (κ1) is 17.1. The lowest BCUT2D eigenvalue weighted by atomic mass is 10.0. The Balaban J connectivity index is 1.73. The largest absolute Gasteiger partial charge is 0.506 e. The van der Waals surface area contributed by atoms with Crippen molar-refractivity contribution in [3.05, 3.63) is 42.0 Å². The van der Waals surface area contributed by atoms with Crippen molar-refractivity contribution in [1.82, 2.24) is 10.2 Å². The van der Waals surface area contributed by atoms with E-state index in [1.807, 2.05) is 0 Å². The van der Waals surface area contributed by atoms with Crippen molar-refractivity contribution in [3.8, 4) is 5.75 Å². The fourth-order valence-corrected chi connectivity index (χ4v) is 2.94. The first-order valence-corrected chi connectivity index (χ1v) is 7.61. The molecule has 1 aliphatic heterocycles. The van der Waals surface area contributed by atoms with E-state index in [0.717, 1.165) is 5.39 Å².